The van der Waals surface area contributed by atoms with E-state index in [2.05, 4.69) is 29.8 Å². The fourth-order valence-electron chi connectivity index (χ4n) is 1.34. The van der Waals surface area contributed by atoms with Gasteiger partial charge in [0.2, 0.25) is 0 Å². The first kappa shape index (κ1) is 21.3. The van der Waals surface area contributed by atoms with Crippen LogP contribution in [0.4, 0.5) is 0 Å². The largest absolute Gasteiger partial charge is 0.379 e. The summed E-state index contributed by atoms with van der Waals surface area (Å²) < 4.78 is 26.9. The highest BCUT2D eigenvalue weighted by molar-refractivity contribution is 9.09. The van der Waals surface area contributed by atoms with Gasteiger partial charge in [-0.1, -0.05) is 36.2 Å². The third-order valence-electron chi connectivity index (χ3n) is 2.81. The third-order valence-corrected chi connectivity index (χ3v) is 3.13. The molecule has 0 heterocycles. The number of rotatable bonds is 17. The van der Waals surface area contributed by atoms with Crippen molar-refractivity contribution in [2.24, 2.45) is 5.92 Å². The summed E-state index contributed by atoms with van der Waals surface area (Å²) in [5.41, 5.74) is 0. The van der Waals surface area contributed by atoms with Gasteiger partial charge in [0.25, 0.3) is 0 Å². The van der Waals surface area contributed by atoms with Crippen LogP contribution >= 0.6 is 15.9 Å². The van der Waals surface area contributed by atoms with Gasteiger partial charge in [-0.3, -0.25) is 0 Å². The summed E-state index contributed by atoms with van der Waals surface area (Å²) in [6, 6.07) is 0. The first-order valence-corrected chi connectivity index (χ1v) is 8.88. The Morgan fingerprint density at radius 2 is 1.05 bits per heavy atom. The van der Waals surface area contributed by atoms with E-state index in [0.29, 0.717) is 58.8 Å². The summed E-state index contributed by atoms with van der Waals surface area (Å²) in [5, 5.41) is 0.860. The molecule has 0 radical (unpaired) electrons. The van der Waals surface area contributed by atoms with Gasteiger partial charge in [-0.2, -0.15) is 0 Å². The second kappa shape index (κ2) is 18.3. The quantitative estimate of drug-likeness (QED) is 0.290. The molecule has 0 rings (SSSR count). The molecule has 0 N–H and O–H groups in total. The number of halogens is 1. The molecule has 128 valence electrons. The van der Waals surface area contributed by atoms with Crippen molar-refractivity contribution in [3.63, 3.8) is 0 Å². The zero-order valence-corrected chi connectivity index (χ0v) is 15.1. The standard InChI is InChI=1S/C15H31BrO5/c1-3-15(2)14-21-13-12-20-11-10-19-9-8-18-7-6-17-5-4-16/h15H,3-14H2,1-2H3. The van der Waals surface area contributed by atoms with Crippen molar-refractivity contribution in [2.75, 3.05) is 71.4 Å². The van der Waals surface area contributed by atoms with Crippen LogP contribution in [0.3, 0.4) is 0 Å². The SMILES string of the molecule is CCC(C)COCCOCCOCCOCCOCCBr. The molecule has 0 aromatic heterocycles. The Labute approximate surface area is 137 Å². The Morgan fingerprint density at radius 3 is 1.43 bits per heavy atom. The minimum Gasteiger partial charge on any atom is -0.379 e. The fraction of sp³-hybridized carbons (Fsp3) is 1.00. The van der Waals surface area contributed by atoms with E-state index in [1.807, 2.05) is 0 Å². The highest BCUT2D eigenvalue weighted by Gasteiger charge is 1.98. The van der Waals surface area contributed by atoms with Gasteiger partial charge >= 0.3 is 0 Å². The first-order valence-electron chi connectivity index (χ1n) is 7.75. The van der Waals surface area contributed by atoms with E-state index in [4.69, 9.17) is 23.7 Å². The lowest BCUT2D eigenvalue weighted by Gasteiger charge is -2.10. The van der Waals surface area contributed by atoms with Gasteiger partial charge in [-0.25, -0.2) is 0 Å². The summed E-state index contributed by atoms with van der Waals surface area (Å²) in [6.45, 7) is 10.8. The number of hydrogen-bond donors (Lipinski definition) is 0. The average molecular weight is 371 g/mol. The summed E-state index contributed by atoms with van der Waals surface area (Å²) >= 11 is 3.29. The van der Waals surface area contributed by atoms with E-state index in [1.54, 1.807) is 0 Å². The Hall–Kier alpha value is 0.280. The van der Waals surface area contributed by atoms with Gasteiger partial charge < -0.3 is 23.7 Å². The van der Waals surface area contributed by atoms with Gasteiger partial charge in [-0.15, -0.1) is 0 Å². The maximum atomic E-state index is 5.49. The van der Waals surface area contributed by atoms with Crippen molar-refractivity contribution < 1.29 is 23.7 Å². The molecule has 0 fully saturated rings. The summed E-state index contributed by atoms with van der Waals surface area (Å²) in [5.74, 6) is 0.623. The molecule has 0 aromatic rings. The second-order valence-corrected chi connectivity index (χ2v) is 5.52. The smallest absolute Gasteiger partial charge is 0.0701 e. The highest BCUT2D eigenvalue weighted by atomic mass is 79.9. The minimum atomic E-state index is 0.590. The van der Waals surface area contributed by atoms with Crippen LogP contribution in [0.15, 0.2) is 0 Å². The lowest BCUT2D eigenvalue weighted by Crippen LogP contribution is -2.14. The van der Waals surface area contributed by atoms with Crippen molar-refractivity contribution >= 4 is 15.9 Å². The molecule has 0 bridgehead atoms. The van der Waals surface area contributed by atoms with Crippen LogP contribution in [0.25, 0.3) is 0 Å². The lowest BCUT2D eigenvalue weighted by molar-refractivity contribution is -0.0123. The number of hydrogen-bond acceptors (Lipinski definition) is 5. The molecule has 21 heavy (non-hydrogen) atoms. The van der Waals surface area contributed by atoms with E-state index < -0.39 is 0 Å². The van der Waals surface area contributed by atoms with Crippen molar-refractivity contribution in [2.45, 2.75) is 20.3 Å². The summed E-state index contributed by atoms with van der Waals surface area (Å²) in [7, 11) is 0. The molecular formula is C15H31BrO5. The maximum absolute atomic E-state index is 5.49. The predicted molar refractivity (Wildman–Crippen MR) is 87.3 cm³/mol. The summed E-state index contributed by atoms with van der Waals surface area (Å²) in [4.78, 5) is 0. The molecule has 0 amide bonds. The van der Waals surface area contributed by atoms with Gasteiger partial charge in [0.15, 0.2) is 0 Å². The molecule has 0 aliphatic rings. The predicted octanol–water partition coefficient (Wildman–Crippen LogP) is 2.51. The monoisotopic (exact) mass is 370 g/mol. The Morgan fingerprint density at radius 1 is 0.667 bits per heavy atom. The van der Waals surface area contributed by atoms with E-state index in [-0.39, 0.29) is 0 Å². The number of alkyl halides is 1. The van der Waals surface area contributed by atoms with E-state index in [1.165, 1.54) is 0 Å². The fourth-order valence-corrected chi connectivity index (χ4v) is 1.57. The average Bonchev–Trinajstić information content (AvgIpc) is 2.50. The normalized spacial score (nSPS) is 12.7. The zero-order valence-electron chi connectivity index (χ0n) is 13.5. The number of ether oxygens (including phenoxy) is 5. The molecule has 0 spiro atoms. The van der Waals surface area contributed by atoms with Gasteiger partial charge in [-0.05, 0) is 5.92 Å². The maximum Gasteiger partial charge on any atom is 0.0701 e. The van der Waals surface area contributed by atoms with E-state index in [0.717, 1.165) is 25.0 Å². The molecule has 0 saturated carbocycles. The molecule has 0 saturated heterocycles. The minimum absolute atomic E-state index is 0.590. The van der Waals surface area contributed by atoms with Crippen LogP contribution in [0.5, 0.6) is 0 Å². The van der Waals surface area contributed by atoms with Crippen LogP contribution in [-0.4, -0.2) is 71.4 Å². The Balaban J connectivity index is 2.96. The molecule has 6 heteroatoms. The van der Waals surface area contributed by atoms with Crippen molar-refractivity contribution in [1.82, 2.24) is 0 Å². The molecule has 5 nitrogen and oxygen atoms in total. The van der Waals surface area contributed by atoms with Crippen LogP contribution in [0, 0.1) is 5.92 Å². The summed E-state index contributed by atoms with van der Waals surface area (Å²) in [6.07, 6.45) is 1.15. The second-order valence-electron chi connectivity index (χ2n) is 4.73. The van der Waals surface area contributed by atoms with Crippen LogP contribution in [0.2, 0.25) is 0 Å². The highest BCUT2D eigenvalue weighted by Crippen LogP contribution is 1.99. The molecular weight excluding hydrogens is 340 g/mol. The first-order chi connectivity index (χ1) is 10.3. The Bertz CT molecular complexity index is 195. The van der Waals surface area contributed by atoms with E-state index >= 15 is 0 Å². The van der Waals surface area contributed by atoms with Gasteiger partial charge in [0, 0.05) is 11.9 Å². The zero-order chi connectivity index (χ0) is 15.6. The molecule has 0 aliphatic carbocycles. The molecule has 0 aliphatic heterocycles. The Kier molecular flexibility index (Phi) is 18.6. The van der Waals surface area contributed by atoms with Crippen LogP contribution in [-0.2, 0) is 23.7 Å². The third kappa shape index (κ3) is 18.2. The lowest BCUT2D eigenvalue weighted by atomic mass is 10.1. The van der Waals surface area contributed by atoms with Gasteiger partial charge in [0.05, 0.1) is 59.5 Å². The molecule has 1 unspecified atom stereocenters. The van der Waals surface area contributed by atoms with Crippen LogP contribution in [0.1, 0.15) is 20.3 Å². The van der Waals surface area contributed by atoms with Crippen molar-refractivity contribution in [1.29, 1.82) is 0 Å². The molecule has 0 aromatic carbocycles. The van der Waals surface area contributed by atoms with Crippen molar-refractivity contribution in [3.05, 3.63) is 0 Å². The van der Waals surface area contributed by atoms with Crippen molar-refractivity contribution in [3.8, 4) is 0 Å². The topological polar surface area (TPSA) is 46.2 Å². The van der Waals surface area contributed by atoms with E-state index in [9.17, 15) is 0 Å². The molecule has 1 atom stereocenters. The van der Waals surface area contributed by atoms with Crippen LogP contribution < -0.4 is 0 Å². The van der Waals surface area contributed by atoms with Gasteiger partial charge in [0.1, 0.15) is 0 Å².